The molecule has 1 heterocycles. The zero-order chi connectivity index (χ0) is 21.5. The number of benzene rings is 2. The van der Waals surface area contributed by atoms with E-state index in [4.69, 9.17) is 10.5 Å². The van der Waals surface area contributed by atoms with Crippen molar-refractivity contribution in [2.45, 2.75) is 26.6 Å². The highest BCUT2D eigenvalue weighted by molar-refractivity contribution is 5.92. The number of anilines is 3. The lowest BCUT2D eigenvalue weighted by atomic mass is 10.1. The normalized spacial score (nSPS) is 10.7. The first-order chi connectivity index (χ1) is 14.5. The number of nitrogens with zero attached hydrogens (tertiary/aromatic N) is 3. The zero-order valence-electron chi connectivity index (χ0n) is 16.0. The molecular weight excluding hydrogens is 396 g/mol. The maximum atomic E-state index is 12.5. The number of alkyl halides is 2. The maximum Gasteiger partial charge on any atom is 0.387 e. The first-order valence-electron chi connectivity index (χ1n) is 9.02. The Kier molecular flexibility index (Phi) is 6.68. The van der Waals surface area contributed by atoms with E-state index in [-0.39, 0.29) is 35.6 Å². The summed E-state index contributed by atoms with van der Waals surface area (Å²) < 4.78 is 34.5. The van der Waals surface area contributed by atoms with E-state index in [0.717, 1.165) is 17.7 Å². The molecule has 156 valence electrons. The van der Waals surface area contributed by atoms with Gasteiger partial charge in [0.05, 0.1) is 0 Å². The molecule has 0 saturated carbocycles. The number of aryl methyl sites for hydroxylation is 1. The third-order valence-corrected chi connectivity index (χ3v) is 4.00. The van der Waals surface area contributed by atoms with Crippen LogP contribution in [0.25, 0.3) is 0 Å². The number of nitrogens with two attached hydrogens (primary N) is 1. The first-order valence-corrected chi connectivity index (χ1v) is 9.02. The number of para-hydroxylation sites is 2. The molecule has 0 aliphatic heterocycles. The van der Waals surface area contributed by atoms with Crippen molar-refractivity contribution >= 4 is 23.6 Å². The molecule has 0 amide bonds. The molecule has 8 nitrogen and oxygen atoms in total. The molecule has 0 unspecified atom stereocenters. The summed E-state index contributed by atoms with van der Waals surface area (Å²) in [6, 6.07) is 13.2. The molecule has 3 rings (SSSR count). The molecule has 10 heteroatoms. The number of halogens is 2. The summed E-state index contributed by atoms with van der Waals surface area (Å²) in [7, 11) is 0. The molecule has 0 atom stereocenters. The van der Waals surface area contributed by atoms with Gasteiger partial charge in [0.1, 0.15) is 11.3 Å². The van der Waals surface area contributed by atoms with Gasteiger partial charge in [0.2, 0.25) is 11.9 Å². The average Bonchev–Trinajstić information content (AvgIpc) is 2.72. The molecule has 0 radical (unpaired) electrons. The lowest BCUT2D eigenvalue weighted by Gasteiger charge is -2.12. The van der Waals surface area contributed by atoms with Crippen LogP contribution in [-0.4, -0.2) is 27.5 Å². The standard InChI is InChI=1S/C20H19F2N5O3/c1-2-12-7-3-5-9-14(12)24-20-26-16(25-19(23)27-20)11-29-17(28)13-8-4-6-10-15(13)30-18(21)22/h3-10,18H,2,11H2,1H3,(H3,23,24,25,26,27). The van der Waals surface area contributed by atoms with Crippen LogP contribution in [0.15, 0.2) is 48.5 Å². The van der Waals surface area contributed by atoms with Gasteiger partial charge >= 0.3 is 12.6 Å². The van der Waals surface area contributed by atoms with Crippen LogP contribution in [-0.2, 0) is 17.8 Å². The summed E-state index contributed by atoms with van der Waals surface area (Å²) in [6.07, 6.45) is 0.800. The van der Waals surface area contributed by atoms with Crippen LogP contribution >= 0.6 is 0 Å². The highest BCUT2D eigenvalue weighted by atomic mass is 19.3. The van der Waals surface area contributed by atoms with Crippen LogP contribution in [0.4, 0.5) is 26.4 Å². The topological polar surface area (TPSA) is 112 Å². The summed E-state index contributed by atoms with van der Waals surface area (Å²) in [4.78, 5) is 24.5. The van der Waals surface area contributed by atoms with Crippen LogP contribution in [0.3, 0.4) is 0 Å². The predicted octanol–water partition coefficient (Wildman–Crippen LogP) is 3.72. The second kappa shape index (κ2) is 9.59. The predicted molar refractivity (Wildman–Crippen MR) is 106 cm³/mol. The largest absolute Gasteiger partial charge is 0.454 e. The van der Waals surface area contributed by atoms with Gasteiger partial charge < -0.3 is 20.5 Å². The fourth-order valence-corrected chi connectivity index (χ4v) is 2.67. The van der Waals surface area contributed by atoms with Crippen LogP contribution in [0, 0.1) is 0 Å². The number of carbonyl (C=O) groups is 1. The second-order valence-electron chi connectivity index (χ2n) is 6.02. The molecule has 0 saturated heterocycles. The second-order valence-corrected chi connectivity index (χ2v) is 6.02. The van der Waals surface area contributed by atoms with Gasteiger partial charge in [-0.15, -0.1) is 0 Å². The zero-order valence-corrected chi connectivity index (χ0v) is 16.0. The summed E-state index contributed by atoms with van der Waals surface area (Å²) in [5, 5.41) is 3.07. The summed E-state index contributed by atoms with van der Waals surface area (Å²) in [6.45, 7) is -1.39. The number of hydrogen-bond acceptors (Lipinski definition) is 8. The Hall–Kier alpha value is -3.82. The lowest BCUT2D eigenvalue weighted by Crippen LogP contribution is -2.13. The summed E-state index contributed by atoms with van der Waals surface area (Å²) >= 11 is 0. The first kappa shape index (κ1) is 20.9. The Morgan fingerprint density at radius 2 is 1.83 bits per heavy atom. The Morgan fingerprint density at radius 1 is 1.10 bits per heavy atom. The highest BCUT2D eigenvalue weighted by Crippen LogP contribution is 2.22. The van der Waals surface area contributed by atoms with E-state index in [9.17, 15) is 13.6 Å². The number of rotatable bonds is 8. The van der Waals surface area contributed by atoms with Gasteiger partial charge in [-0.3, -0.25) is 0 Å². The van der Waals surface area contributed by atoms with Crippen LogP contribution < -0.4 is 15.8 Å². The Balaban J connectivity index is 1.73. The van der Waals surface area contributed by atoms with E-state index in [1.807, 2.05) is 31.2 Å². The minimum absolute atomic E-state index is 0.0611. The van der Waals surface area contributed by atoms with Gasteiger partial charge in [-0.2, -0.15) is 23.7 Å². The number of ether oxygens (including phenoxy) is 2. The number of esters is 1. The molecule has 0 aliphatic rings. The fourth-order valence-electron chi connectivity index (χ4n) is 2.67. The van der Waals surface area contributed by atoms with Crippen molar-refractivity contribution in [3.63, 3.8) is 0 Å². The van der Waals surface area contributed by atoms with Crippen molar-refractivity contribution in [1.82, 2.24) is 15.0 Å². The van der Waals surface area contributed by atoms with E-state index in [2.05, 4.69) is 25.0 Å². The van der Waals surface area contributed by atoms with E-state index < -0.39 is 12.6 Å². The SMILES string of the molecule is CCc1ccccc1Nc1nc(N)nc(COC(=O)c2ccccc2OC(F)F)n1. The quantitative estimate of drug-likeness (QED) is 0.536. The summed E-state index contributed by atoms with van der Waals surface area (Å²) in [5.74, 6) is -0.924. The van der Waals surface area contributed by atoms with Crippen molar-refractivity contribution in [2.75, 3.05) is 11.1 Å². The molecule has 0 fully saturated rings. The average molecular weight is 415 g/mol. The lowest BCUT2D eigenvalue weighted by molar-refractivity contribution is -0.0505. The fraction of sp³-hybridized carbons (Fsp3) is 0.200. The molecule has 0 aliphatic carbocycles. The van der Waals surface area contributed by atoms with Crippen molar-refractivity contribution in [3.8, 4) is 5.75 Å². The van der Waals surface area contributed by atoms with Gasteiger partial charge in [-0.25, -0.2) is 4.79 Å². The molecule has 3 aromatic rings. The van der Waals surface area contributed by atoms with Crippen molar-refractivity contribution in [2.24, 2.45) is 0 Å². The molecular formula is C20H19F2N5O3. The minimum Gasteiger partial charge on any atom is -0.454 e. The molecule has 1 aromatic heterocycles. The number of nitrogen functional groups attached to an aromatic ring is 1. The van der Waals surface area contributed by atoms with Crippen LogP contribution in [0.2, 0.25) is 0 Å². The molecule has 0 bridgehead atoms. The van der Waals surface area contributed by atoms with Crippen molar-refractivity contribution < 1.29 is 23.0 Å². The monoisotopic (exact) mass is 415 g/mol. The third kappa shape index (κ3) is 5.37. The Morgan fingerprint density at radius 3 is 2.60 bits per heavy atom. The van der Waals surface area contributed by atoms with E-state index >= 15 is 0 Å². The minimum atomic E-state index is -3.07. The smallest absolute Gasteiger partial charge is 0.387 e. The Bertz CT molecular complexity index is 1030. The van der Waals surface area contributed by atoms with E-state index in [1.54, 1.807) is 0 Å². The van der Waals surface area contributed by atoms with E-state index in [1.165, 1.54) is 24.3 Å². The molecule has 0 spiro atoms. The van der Waals surface area contributed by atoms with Gasteiger partial charge in [0.15, 0.2) is 12.4 Å². The molecule has 3 N–H and O–H groups in total. The van der Waals surface area contributed by atoms with Crippen molar-refractivity contribution in [1.29, 1.82) is 0 Å². The number of nitrogens with one attached hydrogen (secondary N) is 1. The molecule has 30 heavy (non-hydrogen) atoms. The number of aromatic nitrogens is 3. The van der Waals surface area contributed by atoms with Gasteiger partial charge in [-0.05, 0) is 30.2 Å². The van der Waals surface area contributed by atoms with Gasteiger partial charge in [-0.1, -0.05) is 37.3 Å². The van der Waals surface area contributed by atoms with E-state index in [0.29, 0.717) is 0 Å². The van der Waals surface area contributed by atoms with Gasteiger partial charge in [0.25, 0.3) is 0 Å². The number of hydrogen-bond donors (Lipinski definition) is 2. The van der Waals surface area contributed by atoms with Crippen LogP contribution in [0.5, 0.6) is 5.75 Å². The molecule has 2 aromatic carbocycles. The maximum absolute atomic E-state index is 12.5. The van der Waals surface area contributed by atoms with Gasteiger partial charge in [0, 0.05) is 5.69 Å². The third-order valence-electron chi connectivity index (χ3n) is 4.00. The summed E-state index contributed by atoms with van der Waals surface area (Å²) in [5.41, 5.74) is 7.46. The number of carbonyl (C=O) groups excluding carboxylic acids is 1. The Labute approximate surface area is 171 Å². The highest BCUT2D eigenvalue weighted by Gasteiger charge is 2.17. The van der Waals surface area contributed by atoms with Crippen LogP contribution in [0.1, 0.15) is 28.7 Å². The van der Waals surface area contributed by atoms with Crippen molar-refractivity contribution in [3.05, 3.63) is 65.5 Å².